The Morgan fingerprint density at radius 1 is 1.50 bits per heavy atom. The zero-order chi connectivity index (χ0) is 11.4. The molecule has 0 radical (unpaired) electrons. The van der Waals surface area contributed by atoms with Crippen LogP contribution in [0.25, 0.3) is 11.1 Å². The summed E-state index contributed by atoms with van der Waals surface area (Å²) >= 11 is 0. The number of ether oxygens (including phenoxy) is 1. The molecule has 0 saturated carbocycles. The minimum absolute atomic E-state index is 0.417. The first-order valence-corrected chi connectivity index (χ1v) is 5.11. The highest BCUT2D eigenvalue weighted by Gasteiger charge is 2.05. The molecular formula is C11H14N2O3. The third kappa shape index (κ3) is 2.32. The van der Waals surface area contributed by atoms with Crippen LogP contribution >= 0.6 is 0 Å². The van der Waals surface area contributed by atoms with Gasteiger partial charge in [0.2, 0.25) is 0 Å². The van der Waals surface area contributed by atoms with Crippen molar-refractivity contribution in [3.63, 3.8) is 0 Å². The van der Waals surface area contributed by atoms with Crippen LogP contribution in [0.5, 0.6) is 0 Å². The van der Waals surface area contributed by atoms with E-state index in [0.717, 1.165) is 17.6 Å². The molecule has 0 aliphatic carbocycles. The van der Waals surface area contributed by atoms with Crippen LogP contribution in [0.2, 0.25) is 0 Å². The van der Waals surface area contributed by atoms with E-state index >= 15 is 0 Å². The van der Waals surface area contributed by atoms with Gasteiger partial charge in [0.25, 0.3) is 0 Å². The average Bonchev–Trinajstić information content (AvgIpc) is 2.65. The van der Waals surface area contributed by atoms with E-state index in [1.54, 1.807) is 7.11 Å². The minimum atomic E-state index is -0.417. The monoisotopic (exact) mass is 222 g/mol. The van der Waals surface area contributed by atoms with Gasteiger partial charge in [-0.05, 0) is 6.07 Å². The maximum absolute atomic E-state index is 11.1. The van der Waals surface area contributed by atoms with Crippen molar-refractivity contribution >= 4 is 11.1 Å². The highest BCUT2D eigenvalue weighted by Crippen LogP contribution is 2.14. The molecule has 0 amide bonds. The van der Waals surface area contributed by atoms with Gasteiger partial charge < -0.3 is 14.5 Å². The molecule has 0 spiro atoms. The summed E-state index contributed by atoms with van der Waals surface area (Å²) in [7, 11) is 1.66. The van der Waals surface area contributed by atoms with Crippen molar-refractivity contribution in [1.82, 2.24) is 10.3 Å². The van der Waals surface area contributed by atoms with Gasteiger partial charge in [-0.2, -0.15) is 0 Å². The average molecular weight is 222 g/mol. The molecule has 0 fully saturated rings. The van der Waals surface area contributed by atoms with Crippen molar-refractivity contribution in [1.29, 1.82) is 0 Å². The lowest BCUT2D eigenvalue weighted by atomic mass is 10.2. The Morgan fingerprint density at radius 2 is 2.38 bits per heavy atom. The standard InChI is InChI=1S/C11H14N2O3/c1-15-6-5-12-7-8-3-2-4-9-10(8)16-11(14)13-9/h2-4,12H,5-7H2,1H3,(H,13,14). The third-order valence-electron chi connectivity index (χ3n) is 2.33. The van der Waals surface area contributed by atoms with E-state index in [1.165, 1.54) is 0 Å². The number of fused-ring (bicyclic) bond motifs is 1. The zero-order valence-electron chi connectivity index (χ0n) is 9.08. The second kappa shape index (κ2) is 4.96. The second-order valence-corrected chi connectivity index (χ2v) is 3.48. The number of para-hydroxylation sites is 1. The number of methoxy groups -OCH3 is 1. The topological polar surface area (TPSA) is 67.3 Å². The molecule has 5 nitrogen and oxygen atoms in total. The molecule has 2 rings (SSSR count). The highest BCUT2D eigenvalue weighted by molar-refractivity contribution is 5.75. The molecule has 1 heterocycles. The maximum Gasteiger partial charge on any atom is 0.417 e. The van der Waals surface area contributed by atoms with Gasteiger partial charge >= 0.3 is 5.76 Å². The number of oxazole rings is 1. The van der Waals surface area contributed by atoms with E-state index < -0.39 is 5.76 Å². The molecule has 0 unspecified atom stereocenters. The van der Waals surface area contributed by atoms with Crippen molar-refractivity contribution in [3.8, 4) is 0 Å². The first-order valence-electron chi connectivity index (χ1n) is 5.11. The predicted octanol–water partition coefficient (Wildman–Crippen LogP) is 0.857. The Morgan fingerprint density at radius 3 is 3.19 bits per heavy atom. The van der Waals surface area contributed by atoms with Crippen LogP contribution < -0.4 is 11.1 Å². The smallest absolute Gasteiger partial charge is 0.408 e. The van der Waals surface area contributed by atoms with E-state index in [-0.39, 0.29) is 0 Å². The van der Waals surface area contributed by atoms with Crippen LogP contribution in [0.3, 0.4) is 0 Å². The highest BCUT2D eigenvalue weighted by atomic mass is 16.5. The van der Waals surface area contributed by atoms with Crippen molar-refractivity contribution in [2.45, 2.75) is 6.54 Å². The second-order valence-electron chi connectivity index (χ2n) is 3.48. The lowest BCUT2D eigenvalue weighted by Gasteiger charge is -2.03. The fourth-order valence-corrected chi connectivity index (χ4v) is 1.57. The van der Waals surface area contributed by atoms with Gasteiger partial charge in [0.05, 0.1) is 12.1 Å². The van der Waals surface area contributed by atoms with E-state index in [9.17, 15) is 4.79 Å². The molecular weight excluding hydrogens is 208 g/mol. The van der Waals surface area contributed by atoms with E-state index in [0.29, 0.717) is 18.7 Å². The quantitative estimate of drug-likeness (QED) is 0.736. The Hall–Kier alpha value is -1.59. The number of hydrogen-bond acceptors (Lipinski definition) is 4. The van der Waals surface area contributed by atoms with Gasteiger partial charge in [-0.15, -0.1) is 0 Å². The lowest BCUT2D eigenvalue weighted by Crippen LogP contribution is -2.18. The van der Waals surface area contributed by atoms with Crippen LogP contribution in [0.15, 0.2) is 27.4 Å². The maximum atomic E-state index is 11.1. The van der Waals surface area contributed by atoms with Gasteiger partial charge in [-0.3, -0.25) is 4.98 Å². The molecule has 5 heteroatoms. The van der Waals surface area contributed by atoms with E-state index in [1.807, 2.05) is 18.2 Å². The summed E-state index contributed by atoms with van der Waals surface area (Å²) in [6.07, 6.45) is 0. The van der Waals surface area contributed by atoms with Crippen LogP contribution in [0, 0.1) is 0 Å². The fourth-order valence-electron chi connectivity index (χ4n) is 1.57. The number of aromatic amines is 1. The molecule has 0 aliphatic rings. The van der Waals surface area contributed by atoms with Gasteiger partial charge in [0, 0.05) is 25.8 Å². The van der Waals surface area contributed by atoms with Crippen molar-refractivity contribution in [2.75, 3.05) is 20.3 Å². The van der Waals surface area contributed by atoms with E-state index in [2.05, 4.69) is 10.3 Å². The molecule has 1 aromatic carbocycles. The summed E-state index contributed by atoms with van der Waals surface area (Å²) in [4.78, 5) is 13.7. The molecule has 2 N–H and O–H groups in total. The Labute approximate surface area is 92.4 Å². The predicted molar refractivity (Wildman–Crippen MR) is 60.4 cm³/mol. The number of nitrogens with one attached hydrogen (secondary N) is 2. The van der Waals surface area contributed by atoms with Gasteiger partial charge in [-0.25, -0.2) is 4.79 Å². The summed E-state index contributed by atoms with van der Waals surface area (Å²) in [5.74, 6) is -0.417. The minimum Gasteiger partial charge on any atom is -0.408 e. The number of benzene rings is 1. The first-order chi connectivity index (χ1) is 7.81. The lowest BCUT2D eigenvalue weighted by molar-refractivity contribution is 0.199. The summed E-state index contributed by atoms with van der Waals surface area (Å²) < 4.78 is 10.0. The molecule has 0 aliphatic heterocycles. The van der Waals surface area contributed by atoms with Crippen molar-refractivity contribution < 1.29 is 9.15 Å². The fraction of sp³-hybridized carbons (Fsp3) is 0.364. The van der Waals surface area contributed by atoms with Crippen LogP contribution in [-0.4, -0.2) is 25.2 Å². The Bertz CT molecular complexity index is 515. The Balaban J connectivity index is 2.14. The molecule has 2 aromatic rings. The first kappa shape index (κ1) is 10.9. The molecule has 0 bridgehead atoms. The molecule has 1 aromatic heterocycles. The van der Waals surface area contributed by atoms with Crippen molar-refractivity contribution in [2.24, 2.45) is 0 Å². The molecule has 86 valence electrons. The van der Waals surface area contributed by atoms with E-state index in [4.69, 9.17) is 9.15 Å². The molecule has 0 saturated heterocycles. The Kier molecular flexibility index (Phi) is 3.38. The van der Waals surface area contributed by atoms with Crippen LogP contribution in [0.1, 0.15) is 5.56 Å². The number of hydrogen-bond donors (Lipinski definition) is 2. The summed E-state index contributed by atoms with van der Waals surface area (Å²) in [6.45, 7) is 2.08. The normalized spacial score (nSPS) is 11.1. The zero-order valence-corrected chi connectivity index (χ0v) is 9.08. The number of aromatic nitrogens is 1. The number of rotatable bonds is 5. The molecule has 16 heavy (non-hydrogen) atoms. The summed E-state index contributed by atoms with van der Waals surface area (Å²) in [5, 5.41) is 3.20. The van der Waals surface area contributed by atoms with Gasteiger partial charge in [0.15, 0.2) is 5.58 Å². The number of H-pyrrole nitrogens is 1. The SMILES string of the molecule is COCCNCc1cccc2[nH]c(=O)oc12. The van der Waals surface area contributed by atoms with Crippen LogP contribution in [0.4, 0.5) is 0 Å². The summed E-state index contributed by atoms with van der Waals surface area (Å²) in [5.41, 5.74) is 2.32. The van der Waals surface area contributed by atoms with Gasteiger partial charge in [0.1, 0.15) is 0 Å². The third-order valence-corrected chi connectivity index (χ3v) is 2.33. The van der Waals surface area contributed by atoms with Crippen LogP contribution in [-0.2, 0) is 11.3 Å². The van der Waals surface area contributed by atoms with Gasteiger partial charge in [-0.1, -0.05) is 12.1 Å². The largest absolute Gasteiger partial charge is 0.417 e. The van der Waals surface area contributed by atoms with Crippen molar-refractivity contribution in [3.05, 3.63) is 34.3 Å². The summed E-state index contributed by atoms with van der Waals surface area (Å²) in [6, 6.07) is 5.64. The molecule has 0 atom stereocenters.